The number of aromatic nitrogens is 5. The number of anilines is 3. The second-order valence-electron chi connectivity index (χ2n) is 14.3. The van der Waals surface area contributed by atoms with Gasteiger partial charge in [-0.05, 0) is 106 Å². The Hall–Kier alpha value is -4.06. The largest absolute Gasteiger partial charge is 0.384 e. The molecule has 47 heavy (non-hydrogen) atoms. The number of benzene rings is 1. The first-order chi connectivity index (χ1) is 22.9. The Bertz CT molecular complexity index is 1820. The maximum absolute atomic E-state index is 13.5. The maximum Gasteiger partial charge on any atom is 0.278 e. The number of piperidine rings is 1. The van der Waals surface area contributed by atoms with Crippen molar-refractivity contribution in [2.24, 2.45) is 11.3 Å². The van der Waals surface area contributed by atoms with E-state index in [4.69, 9.17) is 9.97 Å². The first-order valence-electron chi connectivity index (χ1n) is 17.2. The number of rotatable bonds is 5. The molecule has 246 valence electrons. The van der Waals surface area contributed by atoms with Crippen LogP contribution in [-0.2, 0) is 12.1 Å². The first-order valence-corrected chi connectivity index (χ1v) is 17.2. The van der Waals surface area contributed by atoms with Crippen LogP contribution in [-0.4, -0.2) is 80.1 Å². The van der Waals surface area contributed by atoms with Crippen molar-refractivity contribution in [3.05, 3.63) is 76.9 Å². The highest BCUT2D eigenvalue weighted by molar-refractivity contribution is 5.77. The van der Waals surface area contributed by atoms with Gasteiger partial charge in [-0.15, -0.1) is 0 Å². The second-order valence-corrected chi connectivity index (χ2v) is 14.3. The lowest BCUT2D eigenvalue weighted by atomic mass is 9.57. The van der Waals surface area contributed by atoms with Crippen LogP contribution in [0.5, 0.6) is 0 Å². The fourth-order valence-electron chi connectivity index (χ4n) is 8.21. The normalized spacial score (nSPS) is 23.3. The predicted octanol–water partition coefficient (Wildman–Crippen LogP) is 4.18. The third-order valence-electron chi connectivity index (χ3n) is 10.9. The van der Waals surface area contributed by atoms with Crippen molar-refractivity contribution < 1.29 is 5.11 Å². The van der Waals surface area contributed by atoms with Crippen molar-refractivity contribution in [3.63, 3.8) is 0 Å². The Labute approximate surface area is 275 Å². The monoisotopic (exact) mass is 635 g/mol. The minimum Gasteiger partial charge on any atom is -0.384 e. The Morgan fingerprint density at radius 3 is 2.55 bits per heavy atom. The summed E-state index contributed by atoms with van der Waals surface area (Å²) >= 11 is 0. The molecule has 3 aromatic heterocycles. The summed E-state index contributed by atoms with van der Waals surface area (Å²) in [6.07, 6.45) is 12.3. The topological polar surface area (TPSA) is 116 Å². The number of nitrogens with one attached hydrogen (secondary N) is 2. The maximum atomic E-state index is 13.5. The molecule has 4 aliphatic rings. The Morgan fingerprint density at radius 2 is 1.77 bits per heavy atom. The Kier molecular flexibility index (Phi) is 7.85. The van der Waals surface area contributed by atoms with Crippen molar-refractivity contribution in [3.8, 4) is 5.82 Å². The molecular weight excluding hydrogens is 590 g/mol. The molecule has 3 N–H and O–H groups in total. The molecule has 0 radical (unpaired) electrons. The molecule has 1 aromatic carbocycles. The summed E-state index contributed by atoms with van der Waals surface area (Å²) in [6, 6.07) is 14.0. The van der Waals surface area contributed by atoms with E-state index < -0.39 is 5.60 Å². The zero-order valence-electron chi connectivity index (χ0n) is 27.2. The van der Waals surface area contributed by atoms with Crippen molar-refractivity contribution in [2.45, 2.75) is 57.6 Å². The molecule has 1 atom stereocenters. The first kappa shape index (κ1) is 30.3. The quantitative estimate of drug-likeness (QED) is 0.278. The molecule has 4 aromatic rings. The molecule has 1 spiro atoms. The summed E-state index contributed by atoms with van der Waals surface area (Å²) in [5.74, 6) is 1.80. The van der Waals surface area contributed by atoms with Crippen LogP contribution < -0.4 is 21.1 Å². The second kappa shape index (κ2) is 12.2. The van der Waals surface area contributed by atoms with Gasteiger partial charge in [0.1, 0.15) is 11.0 Å². The lowest BCUT2D eigenvalue weighted by molar-refractivity contribution is 0.00188. The number of fused-ring (bicyclic) bond motifs is 6. The van der Waals surface area contributed by atoms with Crippen LogP contribution in [0.25, 0.3) is 16.9 Å². The molecule has 3 aliphatic heterocycles. The smallest absolute Gasteiger partial charge is 0.278 e. The van der Waals surface area contributed by atoms with E-state index in [0.29, 0.717) is 53.3 Å². The highest BCUT2D eigenvalue weighted by Gasteiger charge is 2.44. The molecule has 8 rings (SSSR count). The number of piperazine rings is 1. The average Bonchev–Trinajstić information content (AvgIpc) is 3.34. The average molecular weight is 636 g/mol. The van der Waals surface area contributed by atoms with Crippen LogP contribution in [0.15, 0.2) is 65.6 Å². The van der Waals surface area contributed by atoms with Crippen molar-refractivity contribution in [1.29, 1.82) is 0 Å². The summed E-state index contributed by atoms with van der Waals surface area (Å²) in [5, 5.41) is 18.4. The summed E-state index contributed by atoms with van der Waals surface area (Å²) in [7, 11) is 0. The number of aliphatic hydroxyl groups is 1. The van der Waals surface area contributed by atoms with E-state index in [-0.39, 0.29) is 5.56 Å². The van der Waals surface area contributed by atoms with E-state index in [9.17, 15) is 9.90 Å². The van der Waals surface area contributed by atoms with Crippen LogP contribution in [0, 0.1) is 11.3 Å². The molecule has 2 bridgehead atoms. The zero-order valence-corrected chi connectivity index (χ0v) is 27.2. The van der Waals surface area contributed by atoms with Crippen LogP contribution in [0.4, 0.5) is 17.3 Å². The van der Waals surface area contributed by atoms with Gasteiger partial charge in [-0.3, -0.25) is 9.69 Å². The minimum atomic E-state index is -1.09. The molecule has 1 saturated carbocycles. The van der Waals surface area contributed by atoms with Gasteiger partial charge in [0, 0.05) is 50.3 Å². The summed E-state index contributed by atoms with van der Waals surface area (Å²) in [6.45, 7) is 10.1. The number of allylic oxidation sites excluding steroid dienone is 2. The molecule has 11 heteroatoms. The number of pyridine rings is 1. The number of hydrogen-bond donors (Lipinski definition) is 3. The van der Waals surface area contributed by atoms with E-state index in [1.165, 1.54) is 51.0 Å². The van der Waals surface area contributed by atoms with E-state index >= 15 is 0 Å². The van der Waals surface area contributed by atoms with Crippen LogP contribution in [0.2, 0.25) is 0 Å². The fourth-order valence-corrected chi connectivity index (χ4v) is 8.21. The van der Waals surface area contributed by atoms with E-state index in [1.54, 1.807) is 22.5 Å². The summed E-state index contributed by atoms with van der Waals surface area (Å²) in [5.41, 5.74) is 2.51. The van der Waals surface area contributed by atoms with Gasteiger partial charge >= 0.3 is 0 Å². The fraction of sp³-hybridized carbons (Fsp3) is 0.500. The van der Waals surface area contributed by atoms with Gasteiger partial charge in [-0.1, -0.05) is 18.2 Å². The minimum absolute atomic E-state index is 0.183. The Morgan fingerprint density at radius 1 is 0.979 bits per heavy atom. The van der Waals surface area contributed by atoms with Gasteiger partial charge in [0.25, 0.3) is 5.56 Å². The van der Waals surface area contributed by atoms with Gasteiger partial charge in [-0.2, -0.15) is 4.98 Å². The molecule has 3 fully saturated rings. The van der Waals surface area contributed by atoms with Gasteiger partial charge in [-0.25, -0.2) is 19.3 Å². The molecule has 0 amide bonds. The zero-order chi connectivity index (χ0) is 32.0. The predicted molar refractivity (Wildman–Crippen MR) is 185 cm³/mol. The standard InChI is InChI=1S/C36H45N9O2/c1-35(47)12-3-2-4-17-44-33(46)29-24-38-34(41-32(29)45(44)31-7-5-6-30(35)40-31)39-27-8-10-28(11-9-27)43-20-18-42(19-21-43)25-26-22-36(23-26)13-15-37-16-14-36/h2,4-11,24,26,37,47H,3,12-23,25H2,1H3,(H,38,39,41). The summed E-state index contributed by atoms with van der Waals surface area (Å²) in [4.78, 5) is 32.7. The molecule has 1 unspecified atom stereocenters. The van der Waals surface area contributed by atoms with Crippen molar-refractivity contribution >= 4 is 28.4 Å². The van der Waals surface area contributed by atoms with Crippen molar-refractivity contribution in [1.82, 2.24) is 34.5 Å². The molecule has 1 aliphatic carbocycles. The van der Waals surface area contributed by atoms with E-state index in [0.717, 1.165) is 37.8 Å². The highest BCUT2D eigenvalue weighted by Crippen LogP contribution is 2.51. The third kappa shape index (κ3) is 5.96. The molecule has 2 saturated heterocycles. The molecular formula is C36H45N9O2. The van der Waals surface area contributed by atoms with E-state index in [2.05, 4.69) is 49.7 Å². The Balaban J connectivity index is 0.955. The van der Waals surface area contributed by atoms with Gasteiger partial charge in [0.15, 0.2) is 11.5 Å². The molecule has 11 nitrogen and oxygen atoms in total. The van der Waals surface area contributed by atoms with Gasteiger partial charge in [0.2, 0.25) is 5.95 Å². The molecule has 6 heterocycles. The summed E-state index contributed by atoms with van der Waals surface area (Å²) < 4.78 is 3.36. The third-order valence-corrected chi connectivity index (χ3v) is 10.9. The van der Waals surface area contributed by atoms with Crippen LogP contribution in [0.1, 0.15) is 51.1 Å². The number of hydrogen-bond acceptors (Lipinski definition) is 9. The lowest BCUT2D eigenvalue weighted by Gasteiger charge is -2.52. The number of nitrogens with zero attached hydrogens (tertiary/aromatic N) is 7. The SMILES string of the molecule is CC1(O)CCC=CCn2c(=O)c3cnc(Nc4ccc(N5CCN(CC6CC7(CCNCC7)C6)CC5)cc4)nc3n2-c2cccc1n2. The van der Waals surface area contributed by atoms with Crippen LogP contribution >= 0.6 is 0 Å². The lowest BCUT2D eigenvalue weighted by Crippen LogP contribution is -2.52. The van der Waals surface area contributed by atoms with Crippen molar-refractivity contribution in [2.75, 3.05) is 56.0 Å². The highest BCUT2D eigenvalue weighted by atomic mass is 16.3. The van der Waals surface area contributed by atoms with E-state index in [1.807, 2.05) is 30.4 Å². The van der Waals surface area contributed by atoms with Gasteiger partial charge < -0.3 is 20.6 Å². The van der Waals surface area contributed by atoms with Crippen LogP contribution in [0.3, 0.4) is 0 Å². The van der Waals surface area contributed by atoms with Gasteiger partial charge in [0.05, 0.1) is 12.2 Å².